The van der Waals surface area contributed by atoms with E-state index in [1.165, 1.54) is 0 Å². The van der Waals surface area contributed by atoms with Crippen molar-refractivity contribution in [2.75, 3.05) is 19.5 Å². The lowest BCUT2D eigenvalue weighted by molar-refractivity contribution is 0.201. The van der Waals surface area contributed by atoms with Crippen LogP contribution >= 0.6 is 11.6 Å². The minimum atomic E-state index is 0.280. The van der Waals surface area contributed by atoms with Crippen LogP contribution in [0.15, 0.2) is 12.1 Å². The Labute approximate surface area is 109 Å². The molecule has 92 valence electrons. The van der Waals surface area contributed by atoms with Gasteiger partial charge in [-0.05, 0) is 12.1 Å². The van der Waals surface area contributed by atoms with Gasteiger partial charge in [-0.1, -0.05) is 11.6 Å². The Morgan fingerprint density at radius 3 is 2.89 bits per heavy atom. The lowest BCUT2D eigenvalue weighted by atomic mass is 10.0. The second kappa shape index (κ2) is 5.17. The van der Waals surface area contributed by atoms with Gasteiger partial charge in [0.15, 0.2) is 5.15 Å². The molecule has 0 aliphatic rings. The van der Waals surface area contributed by atoms with Crippen LogP contribution < -0.4 is 5.73 Å². The van der Waals surface area contributed by atoms with Gasteiger partial charge in [-0.15, -0.1) is 5.10 Å². The quantitative estimate of drug-likeness (QED) is 0.854. The highest BCUT2D eigenvalue weighted by molar-refractivity contribution is 6.34. The Morgan fingerprint density at radius 2 is 2.22 bits per heavy atom. The number of halogens is 1. The van der Waals surface area contributed by atoms with Crippen LogP contribution in [0.3, 0.4) is 0 Å². The molecule has 1 aromatic carbocycles. The third-order valence-corrected chi connectivity index (χ3v) is 2.96. The maximum absolute atomic E-state index is 8.99. The van der Waals surface area contributed by atoms with Crippen molar-refractivity contribution in [2.24, 2.45) is 0 Å². The van der Waals surface area contributed by atoms with Gasteiger partial charge in [0.25, 0.3) is 0 Å². The minimum absolute atomic E-state index is 0.280. The van der Waals surface area contributed by atoms with Crippen molar-refractivity contribution in [3.8, 4) is 6.07 Å². The molecule has 0 saturated heterocycles. The number of methoxy groups -OCH3 is 1. The second-order valence-electron chi connectivity index (χ2n) is 3.74. The van der Waals surface area contributed by atoms with Gasteiger partial charge >= 0.3 is 0 Å². The van der Waals surface area contributed by atoms with Crippen LogP contribution in [0.4, 0.5) is 5.69 Å². The number of nitrogen functional groups attached to an aromatic ring is 1. The van der Waals surface area contributed by atoms with Crippen molar-refractivity contribution in [1.82, 2.24) is 10.2 Å². The van der Waals surface area contributed by atoms with E-state index in [0.717, 1.165) is 0 Å². The van der Waals surface area contributed by atoms with Crippen molar-refractivity contribution in [3.63, 3.8) is 0 Å². The fourth-order valence-electron chi connectivity index (χ4n) is 1.78. The normalized spacial score (nSPS) is 10.5. The first-order valence-corrected chi connectivity index (χ1v) is 5.69. The predicted molar refractivity (Wildman–Crippen MR) is 69.3 cm³/mol. The molecule has 0 spiro atoms. The van der Waals surface area contributed by atoms with Crippen LogP contribution in [-0.2, 0) is 11.2 Å². The molecule has 0 amide bonds. The van der Waals surface area contributed by atoms with Crippen LogP contribution in [0.25, 0.3) is 10.8 Å². The molecule has 2 aromatic rings. The summed E-state index contributed by atoms with van der Waals surface area (Å²) in [6.45, 7) is 0.502. The molecule has 1 heterocycles. The minimum Gasteiger partial charge on any atom is -0.397 e. The number of nitrogens with two attached hydrogens (primary N) is 1. The largest absolute Gasteiger partial charge is 0.397 e. The van der Waals surface area contributed by atoms with E-state index in [9.17, 15) is 0 Å². The van der Waals surface area contributed by atoms with Crippen LogP contribution in [0.1, 0.15) is 11.3 Å². The highest BCUT2D eigenvalue weighted by Crippen LogP contribution is 2.30. The molecule has 0 aliphatic heterocycles. The first kappa shape index (κ1) is 12.6. The van der Waals surface area contributed by atoms with Crippen LogP contribution in [0.2, 0.25) is 5.15 Å². The van der Waals surface area contributed by atoms with Crippen LogP contribution in [-0.4, -0.2) is 23.9 Å². The summed E-state index contributed by atoms with van der Waals surface area (Å²) in [5.41, 5.74) is 7.46. The molecule has 0 saturated carbocycles. The van der Waals surface area contributed by atoms with E-state index in [2.05, 4.69) is 10.2 Å². The van der Waals surface area contributed by atoms with Crippen molar-refractivity contribution in [2.45, 2.75) is 6.42 Å². The molecule has 0 bridgehead atoms. The molecule has 0 aliphatic carbocycles. The van der Waals surface area contributed by atoms with E-state index >= 15 is 0 Å². The summed E-state index contributed by atoms with van der Waals surface area (Å²) in [5.74, 6) is 0. The van der Waals surface area contributed by atoms with E-state index in [1.807, 2.05) is 6.07 Å². The van der Waals surface area contributed by atoms with Gasteiger partial charge < -0.3 is 10.5 Å². The molecule has 18 heavy (non-hydrogen) atoms. The Bertz CT molecular complexity index is 636. The summed E-state index contributed by atoms with van der Waals surface area (Å²) < 4.78 is 5.01. The van der Waals surface area contributed by atoms with Crippen LogP contribution in [0, 0.1) is 11.3 Å². The number of aromatic nitrogens is 2. The molecule has 2 N–H and O–H groups in total. The first-order valence-electron chi connectivity index (χ1n) is 5.31. The zero-order chi connectivity index (χ0) is 13.1. The SMILES string of the molecule is COCCc1nnc(Cl)c2ccc(C#N)c(N)c12. The van der Waals surface area contributed by atoms with Crippen molar-refractivity contribution >= 4 is 28.1 Å². The predicted octanol–water partition coefficient (Wildman–Crippen LogP) is 1.93. The number of nitrogens with zero attached hydrogens (tertiary/aromatic N) is 3. The summed E-state index contributed by atoms with van der Waals surface area (Å²) in [4.78, 5) is 0. The lowest BCUT2D eigenvalue weighted by Gasteiger charge is -2.09. The smallest absolute Gasteiger partial charge is 0.159 e. The van der Waals surface area contributed by atoms with Gasteiger partial charge in [0, 0.05) is 24.3 Å². The number of hydrogen-bond donors (Lipinski definition) is 1. The number of fused-ring (bicyclic) bond motifs is 1. The molecule has 0 atom stereocenters. The van der Waals surface area contributed by atoms with Gasteiger partial charge in [0.05, 0.1) is 23.6 Å². The maximum Gasteiger partial charge on any atom is 0.159 e. The number of anilines is 1. The number of hydrogen-bond acceptors (Lipinski definition) is 5. The Hall–Kier alpha value is -1.90. The van der Waals surface area contributed by atoms with Gasteiger partial charge in [-0.3, -0.25) is 0 Å². The zero-order valence-electron chi connectivity index (χ0n) is 9.77. The molecule has 2 rings (SSSR count). The van der Waals surface area contributed by atoms with Crippen molar-refractivity contribution in [1.29, 1.82) is 5.26 Å². The summed E-state index contributed by atoms with van der Waals surface area (Å²) >= 11 is 5.99. The summed E-state index contributed by atoms with van der Waals surface area (Å²) in [7, 11) is 1.61. The standard InChI is InChI=1S/C12H11ClN4O/c1-18-5-4-9-10-8(12(13)17-16-9)3-2-7(6-14)11(10)15/h2-3H,4-5,15H2,1H3. The number of nitriles is 1. The maximum atomic E-state index is 8.99. The number of rotatable bonds is 3. The first-order chi connectivity index (χ1) is 8.69. The Morgan fingerprint density at radius 1 is 1.44 bits per heavy atom. The molecule has 0 fully saturated rings. The highest BCUT2D eigenvalue weighted by Gasteiger charge is 2.13. The van der Waals surface area contributed by atoms with Gasteiger partial charge in [0.2, 0.25) is 0 Å². The molecule has 6 heteroatoms. The zero-order valence-corrected chi connectivity index (χ0v) is 10.5. The molecule has 5 nitrogen and oxygen atoms in total. The van der Waals surface area contributed by atoms with Gasteiger partial charge in [0.1, 0.15) is 6.07 Å². The van der Waals surface area contributed by atoms with Crippen LogP contribution in [0.5, 0.6) is 0 Å². The van der Waals surface area contributed by atoms with E-state index in [0.29, 0.717) is 40.7 Å². The fraction of sp³-hybridized carbons (Fsp3) is 0.250. The number of benzene rings is 1. The second-order valence-corrected chi connectivity index (χ2v) is 4.10. The summed E-state index contributed by atoms with van der Waals surface area (Å²) in [6, 6.07) is 5.41. The third-order valence-electron chi connectivity index (χ3n) is 2.68. The van der Waals surface area contributed by atoms with E-state index < -0.39 is 0 Å². The Balaban J connectivity index is 2.72. The Kier molecular flexibility index (Phi) is 3.60. The number of ether oxygens (including phenoxy) is 1. The molecule has 1 aromatic heterocycles. The van der Waals surface area contributed by atoms with Gasteiger partial charge in [-0.2, -0.15) is 10.4 Å². The van der Waals surface area contributed by atoms with E-state index in [1.54, 1.807) is 19.2 Å². The average molecular weight is 263 g/mol. The van der Waals surface area contributed by atoms with E-state index in [4.69, 9.17) is 27.3 Å². The third kappa shape index (κ3) is 2.08. The topological polar surface area (TPSA) is 84.8 Å². The summed E-state index contributed by atoms with van der Waals surface area (Å²) in [6.07, 6.45) is 0.566. The fourth-order valence-corrected chi connectivity index (χ4v) is 1.98. The lowest BCUT2D eigenvalue weighted by Crippen LogP contribution is -2.04. The monoisotopic (exact) mass is 262 g/mol. The van der Waals surface area contributed by atoms with Crippen molar-refractivity contribution in [3.05, 3.63) is 28.5 Å². The molecular formula is C12H11ClN4O. The molecule has 0 unspecified atom stereocenters. The molecule has 0 radical (unpaired) electrons. The summed E-state index contributed by atoms with van der Waals surface area (Å²) in [5, 5.41) is 18.6. The van der Waals surface area contributed by atoms with Crippen molar-refractivity contribution < 1.29 is 4.74 Å². The van der Waals surface area contributed by atoms with E-state index in [-0.39, 0.29) is 5.15 Å². The average Bonchev–Trinajstić information content (AvgIpc) is 2.39. The molecular weight excluding hydrogens is 252 g/mol. The highest BCUT2D eigenvalue weighted by atomic mass is 35.5. The van der Waals surface area contributed by atoms with Gasteiger partial charge in [-0.25, -0.2) is 0 Å².